The Morgan fingerprint density at radius 3 is 1.42 bits per heavy atom. The number of carboxylic acids is 1. The molecule has 8 aliphatic heterocycles. The fraction of sp³-hybridized carbons (Fsp3) is 0.378. The van der Waals surface area contributed by atoms with Gasteiger partial charge in [-0.15, -0.1) is 0 Å². The number of aromatic amines is 1. The van der Waals surface area contributed by atoms with Crippen molar-refractivity contribution in [2.75, 3.05) is 112 Å². The van der Waals surface area contributed by atoms with Crippen LogP contribution >= 0.6 is 34.8 Å². The van der Waals surface area contributed by atoms with E-state index in [9.17, 15) is 57.8 Å². The minimum Gasteiger partial charge on any atom is -0.477 e. The van der Waals surface area contributed by atoms with Gasteiger partial charge in [0.05, 0.1) is 68.7 Å². The molecule has 34 nitrogen and oxygen atoms in total. The lowest BCUT2D eigenvalue weighted by Crippen LogP contribution is -2.42. The van der Waals surface area contributed by atoms with Crippen LogP contribution in [0, 0.1) is 16.0 Å². The van der Waals surface area contributed by atoms with Crippen molar-refractivity contribution >= 4 is 73.6 Å². The van der Waals surface area contributed by atoms with Crippen LogP contribution in [0.5, 0.6) is 0 Å². The first-order valence-corrected chi connectivity index (χ1v) is 44.3. The molecule has 0 spiro atoms. The average molecular weight is 1830 g/mol. The van der Waals surface area contributed by atoms with Gasteiger partial charge < -0.3 is 61.3 Å². The third-order valence-electron chi connectivity index (χ3n) is 21.3. The van der Waals surface area contributed by atoms with Gasteiger partial charge in [-0.2, -0.15) is 8.42 Å². The van der Waals surface area contributed by atoms with Crippen LogP contribution in [0.4, 0.5) is 5.69 Å². The van der Waals surface area contributed by atoms with Crippen molar-refractivity contribution in [3.63, 3.8) is 0 Å². The van der Waals surface area contributed by atoms with E-state index in [1.165, 1.54) is 124 Å². The minimum absolute atomic E-state index is 0.0645. The van der Waals surface area contributed by atoms with E-state index in [4.69, 9.17) is 64.0 Å². The van der Waals surface area contributed by atoms with E-state index >= 15 is 0 Å². The molecular formula is C90H104Cl3N17O17S. The van der Waals surface area contributed by atoms with Gasteiger partial charge in [-0.3, -0.25) is 53.1 Å². The SMILES string of the molecule is NC[C@H](O)CN1CCc2ccccc2C1.O=C(Cl)c1cc(Cl)ncn1.O=C(NC[C@H](O)CN1CCc2ccccc2C1)c1cc(CC2COC2)ncn1.O=C(NC[C@H](O)CN1CCc2ccccc2C1)c1cc(Cl)ncn1.O=C(O)c1cc(=O)[nH]cn1.O=[N+]([O-])c1cccc(S(=O)(=O)OC[C@@H]2CO2)c1.c1ccc2c(c1)CCN(C[C@@H]1CO1)C2.c1ccc2c(c1)CCNC2. The number of β-amino-alcohol motifs (C(OH)–C–C–N with tert-alkyl or cyclic N) is 3. The van der Waals surface area contributed by atoms with Gasteiger partial charge in [0, 0.05) is 147 Å². The van der Waals surface area contributed by atoms with Crippen LogP contribution in [0.25, 0.3) is 0 Å². The summed E-state index contributed by atoms with van der Waals surface area (Å²) in [6, 6.07) is 52.7. The molecule has 0 saturated carbocycles. The largest absolute Gasteiger partial charge is 0.477 e. The number of fused-ring (bicyclic) bond motifs is 5. The predicted molar refractivity (Wildman–Crippen MR) is 477 cm³/mol. The number of nitro groups is 1. The molecular weight excluding hydrogens is 1730 g/mol. The van der Waals surface area contributed by atoms with E-state index in [2.05, 4.69) is 185 Å². The summed E-state index contributed by atoms with van der Waals surface area (Å²) in [6.45, 7) is 16.4. The van der Waals surface area contributed by atoms with Gasteiger partial charge in [-0.25, -0.2) is 39.7 Å². The number of hydrogen-bond donors (Lipinski definition) is 9. The smallest absolute Gasteiger partial charge is 0.354 e. The zero-order valence-electron chi connectivity index (χ0n) is 70.3. The normalized spacial score (nSPS) is 17.1. The average Bonchev–Trinajstić information content (AvgIpc) is 1.28. The molecule has 2 amide bonds. The van der Waals surface area contributed by atoms with Gasteiger partial charge in [-0.1, -0.05) is 151 Å². The summed E-state index contributed by atoms with van der Waals surface area (Å²) in [4.78, 5) is 103. The number of epoxide rings is 2. The Bertz CT molecular complexity index is 5470. The second kappa shape index (κ2) is 50.3. The Hall–Kier alpha value is -10.8. The third kappa shape index (κ3) is 33.1. The summed E-state index contributed by atoms with van der Waals surface area (Å²) in [5.41, 5.74) is 20.1. The molecule has 0 radical (unpaired) electrons. The lowest BCUT2D eigenvalue weighted by atomic mass is 10.00. The number of non-ortho nitro benzene ring substituents is 1. The predicted octanol–water partition coefficient (Wildman–Crippen LogP) is 6.91. The summed E-state index contributed by atoms with van der Waals surface area (Å²) in [6.07, 6.45) is 9.79. The summed E-state index contributed by atoms with van der Waals surface area (Å²) >= 11 is 16.2. The number of aliphatic hydroxyl groups excluding tert-OH is 3. The molecule has 10 N–H and O–H groups in total. The lowest BCUT2D eigenvalue weighted by Gasteiger charge is -2.30. The molecule has 6 aromatic carbocycles. The highest BCUT2D eigenvalue weighted by Crippen LogP contribution is 2.26. The van der Waals surface area contributed by atoms with E-state index in [0.717, 1.165) is 135 Å². The van der Waals surface area contributed by atoms with Gasteiger partial charge in [0.15, 0.2) is 5.69 Å². The maximum Gasteiger partial charge on any atom is 0.354 e. The van der Waals surface area contributed by atoms with Crippen LogP contribution in [-0.2, 0) is 99.8 Å². The Labute approximate surface area is 755 Å². The van der Waals surface area contributed by atoms with E-state index < -0.39 is 50.1 Å². The monoisotopic (exact) mass is 1830 g/mol. The van der Waals surface area contributed by atoms with E-state index in [1.807, 2.05) is 12.1 Å². The van der Waals surface area contributed by atoms with Gasteiger partial charge >= 0.3 is 5.97 Å². The van der Waals surface area contributed by atoms with Gasteiger partial charge in [-0.05, 0) is 124 Å². The molecule has 0 unspecified atom stereocenters. The third-order valence-corrected chi connectivity index (χ3v) is 23.2. The first-order valence-electron chi connectivity index (χ1n) is 41.8. The van der Waals surface area contributed by atoms with Crippen molar-refractivity contribution in [2.45, 2.75) is 107 Å². The van der Waals surface area contributed by atoms with E-state index in [1.54, 1.807) is 6.07 Å². The Kier molecular flexibility index (Phi) is 38.4. The number of carboxylic acid groups (broad SMARTS) is 1. The number of hydrogen-bond acceptors (Lipinski definition) is 29. The molecule has 678 valence electrons. The first kappa shape index (κ1) is 97.8. The van der Waals surface area contributed by atoms with E-state index in [-0.39, 0.29) is 75.6 Å². The minimum atomic E-state index is -3.96. The van der Waals surface area contributed by atoms with Crippen molar-refractivity contribution in [1.82, 2.24) is 75.4 Å². The van der Waals surface area contributed by atoms with Crippen molar-refractivity contribution in [1.29, 1.82) is 0 Å². The summed E-state index contributed by atoms with van der Waals surface area (Å²) in [5.74, 6) is -1.38. The number of aromatic carboxylic acids is 1. The molecule has 128 heavy (non-hydrogen) atoms. The molecule has 5 atom stereocenters. The number of carbonyl (C=O) groups excluding carboxylic acids is 3. The number of ether oxygens (including phenoxy) is 3. The Balaban J connectivity index is 0.000000146. The second-order valence-corrected chi connectivity index (χ2v) is 33.8. The Morgan fingerprint density at radius 2 is 0.992 bits per heavy atom. The number of nitrogens with two attached hydrogens (primary N) is 1. The number of aliphatic hydroxyl groups is 3. The number of benzene rings is 6. The standard InChI is InChI=1S/C21H26N4O3.C17H19ClN4O2.C12H18N2O.C12H15NO.C9H9NO6S.C9H11N.C5H2Cl2N2O.C5H4N2O3/c26-19(11-25-6-5-16-3-1-2-4-17(16)10-25)9-22-21(27)20-8-18(23-14-24-20)7-15-12-28-13-15;18-16-7-15(20-11-21-16)17(24)19-8-14(23)10-22-6-5-12-3-1-2-4-13(12)9-22;13-7-12(15)9-14-6-5-10-3-1-2-4-11(10)8-14;1-2-4-11-7-13(8-12-9-14-12)6-5-10(11)3-1;11-10(12)7-2-1-3-9(4-7)17(13,14)16-6-8-5-15-8;1-2-4-9-7-10-6-5-8(9)3-1;6-4-1-3(5(7)10)8-2-9-4;8-4-1-3(5(9)10)6-2-7-4/h1-4,8,14-15,19,26H,5-7,9-13H2,(H,22,27);1-4,7,11,14,23H,5-6,8-10H2,(H,19,24);1-4,12,15H,5-9,13H2;1-4,12H,5-9H2;1-4,8H,5-6H2;1-4,10H,5-7H2;1-2H;1-2H,(H,9,10)(H,6,7,8)/t19-;14-;2*12-;8-;;;/m00010.../s1. The molecule has 0 bridgehead atoms. The van der Waals surface area contributed by atoms with Crippen LogP contribution in [0.1, 0.15) is 103 Å². The molecule has 0 aliphatic carbocycles. The molecule has 12 heterocycles. The van der Waals surface area contributed by atoms with Crippen molar-refractivity contribution < 1.29 is 71.3 Å². The highest BCUT2D eigenvalue weighted by Gasteiger charge is 2.30. The van der Waals surface area contributed by atoms with Crippen LogP contribution in [0.15, 0.2) is 205 Å². The number of halogens is 3. The topological polar surface area (TPSA) is 468 Å². The maximum atomic E-state index is 12.4. The summed E-state index contributed by atoms with van der Waals surface area (Å²) in [5, 5.41) is 57.4. The van der Waals surface area contributed by atoms with Crippen LogP contribution in [0.3, 0.4) is 0 Å². The van der Waals surface area contributed by atoms with Crippen LogP contribution < -0.4 is 27.2 Å². The van der Waals surface area contributed by atoms with Crippen molar-refractivity contribution in [3.8, 4) is 0 Å². The fourth-order valence-electron chi connectivity index (χ4n) is 14.3. The maximum absolute atomic E-state index is 12.4. The molecule has 3 saturated heterocycles. The molecule has 10 aromatic rings. The number of nitro benzene ring substituents is 1. The van der Waals surface area contributed by atoms with Crippen molar-refractivity contribution in [2.24, 2.45) is 11.7 Å². The molecule has 3 fully saturated rings. The van der Waals surface area contributed by atoms with Gasteiger partial charge in [0.2, 0.25) is 0 Å². The Morgan fingerprint density at radius 1 is 0.547 bits per heavy atom. The fourth-order valence-corrected chi connectivity index (χ4v) is 15.7. The number of amides is 2. The van der Waals surface area contributed by atoms with E-state index in [0.29, 0.717) is 50.5 Å². The second-order valence-electron chi connectivity index (χ2n) is 31.1. The number of carbonyl (C=O) groups is 4. The number of nitrogens with one attached hydrogen (secondary N) is 4. The van der Waals surface area contributed by atoms with Crippen molar-refractivity contribution in [3.05, 3.63) is 310 Å². The number of rotatable bonds is 24. The highest BCUT2D eigenvalue weighted by molar-refractivity contribution is 7.86. The van der Waals surface area contributed by atoms with Gasteiger partial charge in [0.25, 0.3) is 38.4 Å². The van der Waals surface area contributed by atoms with Gasteiger partial charge in [0.1, 0.15) is 57.4 Å². The zero-order chi connectivity index (χ0) is 90.7. The molecule has 8 aliphatic rings. The highest BCUT2D eigenvalue weighted by atomic mass is 35.5. The number of H-pyrrole nitrogens is 1. The molecule has 4 aromatic heterocycles. The quantitative estimate of drug-likeness (QED) is 0.00740. The summed E-state index contributed by atoms with van der Waals surface area (Å²) in [7, 11) is -3.96. The molecule has 18 rings (SSSR count). The molecule has 38 heteroatoms. The van der Waals surface area contributed by atoms with Crippen LogP contribution in [0.2, 0.25) is 10.3 Å². The number of nitrogens with zero attached hydrogens (tertiary/aromatic N) is 12. The lowest BCUT2D eigenvalue weighted by molar-refractivity contribution is -0.385. The zero-order valence-corrected chi connectivity index (χ0v) is 73.4. The first-order chi connectivity index (χ1) is 61.8. The van der Waals surface area contributed by atoms with Crippen LogP contribution in [-0.4, -0.2) is 258 Å². The number of aromatic nitrogens is 8. The summed E-state index contributed by atoms with van der Waals surface area (Å²) < 4.78 is 43.2.